The summed E-state index contributed by atoms with van der Waals surface area (Å²) in [5.74, 6) is -1.35. The largest absolute Gasteiger partial charge is 0.452 e. The van der Waals surface area contributed by atoms with Crippen molar-refractivity contribution in [2.45, 2.75) is 0 Å². The number of carbonyl (C=O) groups is 3. The molecule has 3 aromatic rings. The summed E-state index contributed by atoms with van der Waals surface area (Å²) in [5.41, 5.74) is 2.38. The number of morpholine rings is 1. The van der Waals surface area contributed by atoms with E-state index >= 15 is 0 Å². The van der Waals surface area contributed by atoms with Gasteiger partial charge in [0.25, 0.3) is 11.8 Å². The van der Waals surface area contributed by atoms with Gasteiger partial charge in [-0.3, -0.25) is 9.59 Å². The van der Waals surface area contributed by atoms with Crippen LogP contribution in [0.5, 0.6) is 0 Å². The van der Waals surface area contributed by atoms with Gasteiger partial charge in [-0.1, -0.05) is 12.1 Å². The van der Waals surface area contributed by atoms with E-state index in [0.717, 1.165) is 18.8 Å². The Labute approximate surface area is 195 Å². The third kappa shape index (κ3) is 6.18. The summed E-state index contributed by atoms with van der Waals surface area (Å²) < 4.78 is 10.5. The Hall–Kier alpha value is -3.69. The second kappa shape index (κ2) is 10.8. The van der Waals surface area contributed by atoms with Gasteiger partial charge in [0.2, 0.25) is 0 Å². The van der Waals surface area contributed by atoms with Gasteiger partial charge in [0.1, 0.15) is 0 Å². The van der Waals surface area contributed by atoms with Gasteiger partial charge < -0.3 is 25.0 Å². The molecule has 2 heterocycles. The number of esters is 1. The molecule has 1 aromatic heterocycles. The van der Waals surface area contributed by atoms with Crippen molar-refractivity contribution >= 4 is 46.2 Å². The Morgan fingerprint density at radius 3 is 2.45 bits per heavy atom. The molecule has 0 saturated carbocycles. The van der Waals surface area contributed by atoms with Gasteiger partial charge in [-0.2, -0.15) is 0 Å². The second-order valence-corrected chi connectivity index (χ2v) is 8.23. The number of carbonyl (C=O) groups excluding carboxylic acids is 3. The highest BCUT2D eigenvalue weighted by molar-refractivity contribution is 7.12. The molecule has 0 spiro atoms. The number of nitrogens with zero attached hydrogens (tertiary/aromatic N) is 1. The van der Waals surface area contributed by atoms with E-state index in [2.05, 4.69) is 15.5 Å². The first-order valence-electron chi connectivity index (χ1n) is 10.4. The fraction of sp³-hybridized carbons (Fsp3) is 0.208. The standard InChI is InChI=1S/C24H23N3O5S/c28-22(25-18-6-8-20(9-7-18)27-10-12-31-13-11-27)16-32-24(30)17-3-1-4-19(15-17)26-23(29)21-5-2-14-33-21/h1-9,14-15H,10-13,16H2,(H,25,28)(H,26,29). The number of hydrogen-bond acceptors (Lipinski definition) is 7. The number of nitrogens with one attached hydrogen (secondary N) is 2. The molecule has 0 aliphatic carbocycles. The Morgan fingerprint density at radius 1 is 0.939 bits per heavy atom. The maximum absolute atomic E-state index is 12.4. The summed E-state index contributed by atoms with van der Waals surface area (Å²) in [7, 11) is 0. The quantitative estimate of drug-likeness (QED) is 0.517. The van der Waals surface area contributed by atoms with Gasteiger partial charge in [0.15, 0.2) is 6.61 Å². The second-order valence-electron chi connectivity index (χ2n) is 7.28. The van der Waals surface area contributed by atoms with Gasteiger partial charge in [0, 0.05) is 30.2 Å². The monoisotopic (exact) mass is 465 g/mol. The summed E-state index contributed by atoms with van der Waals surface area (Å²) in [6, 6.07) is 17.4. The van der Waals surface area contributed by atoms with E-state index in [9.17, 15) is 14.4 Å². The fourth-order valence-corrected chi connectivity index (χ4v) is 3.93. The molecule has 4 rings (SSSR count). The van der Waals surface area contributed by atoms with Crippen molar-refractivity contribution in [3.8, 4) is 0 Å². The molecule has 0 bridgehead atoms. The molecule has 2 amide bonds. The van der Waals surface area contributed by atoms with Crippen LogP contribution >= 0.6 is 11.3 Å². The maximum Gasteiger partial charge on any atom is 0.338 e. The molecule has 1 aliphatic heterocycles. The van der Waals surface area contributed by atoms with Gasteiger partial charge in [-0.25, -0.2) is 4.79 Å². The summed E-state index contributed by atoms with van der Waals surface area (Å²) in [5, 5.41) is 7.27. The van der Waals surface area contributed by atoms with E-state index in [-0.39, 0.29) is 11.5 Å². The Balaban J connectivity index is 1.27. The van der Waals surface area contributed by atoms with Gasteiger partial charge in [-0.15, -0.1) is 11.3 Å². The lowest BCUT2D eigenvalue weighted by Crippen LogP contribution is -2.36. The first-order valence-corrected chi connectivity index (χ1v) is 11.3. The molecule has 0 radical (unpaired) electrons. The van der Waals surface area contributed by atoms with Crippen molar-refractivity contribution in [1.29, 1.82) is 0 Å². The first kappa shape index (κ1) is 22.5. The lowest BCUT2D eigenvalue weighted by atomic mass is 10.2. The Morgan fingerprint density at radius 2 is 1.73 bits per heavy atom. The van der Waals surface area contributed by atoms with Crippen molar-refractivity contribution in [1.82, 2.24) is 0 Å². The van der Waals surface area contributed by atoms with Gasteiger partial charge >= 0.3 is 5.97 Å². The average Bonchev–Trinajstić information content (AvgIpc) is 3.39. The first-order chi connectivity index (χ1) is 16.1. The number of ether oxygens (including phenoxy) is 2. The third-order valence-electron chi connectivity index (χ3n) is 4.96. The van der Waals surface area contributed by atoms with Crippen molar-refractivity contribution < 1.29 is 23.9 Å². The molecule has 1 fully saturated rings. The fourth-order valence-electron chi connectivity index (χ4n) is 3.31. The van der Waals surface area contributed by atoms with Crippen LogP contribution in [-0.4, -0.2) is 50.7 Å². The summed E-state index contributed by atoms with van der Waals surface area (Å²) in [4.78, 5) is 39.5. The molecular formula is C24H23N3O5S. The van der Waals surface area contributed by atoms with Crippen LogP contribution in [0.3, 0.4) is 0 Å². The average molecular weight is 466 g/mol. The number of hydrogen-bond donors (Lipinski definition) is 2. The number of anilines is 3. The van der Waals surface area contributed by atoms with E-state index in [4.69, 9.17) is 9.47 Å². The van der Waals surface area contributed by atoms with Gasteiger partial charge in [0.05, 0.1) is 23.7 Å². The predicted molar refractivity (Wildman–Crippen MR) is 127 cm³/mol. The number of amides is 2. The molecule has 8 nitrogen and oxygen atoms in total. The number of thiophene rings is 1. The van der Waals surface area contributed by atoms with E-state index in [1.165, 1.54) is 17.4 Å². The molecule has 0 atom stereocenters. The van der Waals surface area contributed by atoms with Crippen LogP contribution in [0.15, 0.2) is 66.0 Å². The van der Waals surface area contributed by atoms with E-state index in [0.29, 0.717) is 29.5 Å². The molecule has 1 saturated heterocycles. The lowest BCUT2D eigenvalue weighted by molar-refractivity contribution is -0.119. The zero-order valence-electron chi connectivity index (χ0n) is 17.8. The van der Waals surface area contributed by atoms with Gasteiger partial charge in [-0.05, 0) is 53.9 Å². The minimum Gasteiger partial charge on any atom is -0.452 e. The highest BCUT2D eigenvalue weighted by atomic mass is 32.1. The number of benzene rings is 2. The van der Waals surface area contributed by atoms with E-state index in [1.54, 1.807) is 30.3 Å². The molecular weight excluding hydrogens is 442 g/mol. The zero-order chi connectivity index (χ0) is 23.0. The smallest absolute Gasteiger partial charge is 0.338 e. The maximum atomic E-state index is 12.4. The lowest BCUT2D eigenvalue weighted by Gasteiger charge is -2.28. The minimum absolute atomic E-state index is 0.238. The predicted octanol–water partition coefficient (Wildman–Crippen LogP) is 3.63. The van der Waals surface area contributed by atoms with Crippen LogP contribution in [0.1, 0.15) is 20.0 Å². The van der Waals surface area contributed by atoms with Crippen LogP contribution in [0, 0.1) is 0 Å². The summed E-state index contributed by atoms with van der Waals surface area (Å²) in [6.07, 6.45) is 0. The minimum atomic E-state index is -0.653. The Kier molecular flexibility index (Phi) is 7.33. The van der Waals surface area contributed by atoms with Crippen LogP contribution in [0.25, 0.3) is 0 Å². The number of rotatable bonds is 7. The van der Waals surface area contributed by atoms with Crippen LogP contribution in [0.2, 0.25) is 0 Å². The molecule has 170 valence electrons. The normalized spacial score (nSPS) is 13.3. The van der Waals surface area contributed by atoms with E-state index < -0.39 is 18.5 Å². The van der Waals surface area contributed by atoms with Crippen molar-refractivity contribution in [2.24, 2.45) is 0 Å². The molecule has 1 aliphatic rings. The molecule has 2 N–H and O–H groups in total. The van der Waals surface area contributed by atoms with Crippen LogP contribution in [0.4, 0.5) is 17.1 Å². The molecule has 0 unspecified atom stereocenters. The zero-order valence-corrected chi connectivity index (χ0v) is 18.6. The highest BCUT2D eigenvalue weighted by Gasteiger charge is 2.14. The topological polar surface area (TPSA) is 97.0 Å². The van der Waals surface area contributed by atoms with Crippen molar-refractivity contribution in [3.63, 3.8) is 0 Å². The third-order valence-corrected chi connectivity index (χ3v) is 5.83. The highest BCUT2D eigenvalue weighted by Crippen LogP contribution is 2.19. The molecule has 2 aromatic carbocycles. The van der Waals surface area contributed by atoms with Crippen LogP contribution < -0.4 is 15.5 Å². The molecule has 9 heteroatoms. The van der Waals surface area contributed by atoms with Crippen molar-refractivity contribution in [3.05, 3.63) is 76.5 Å². The van der Waals surface area contributed by atoms with Crippen LogP contribution in [-0.2, 0) is 14.3 Å². The van der Waals surface area contributed by atoms with Crippen molar-refractivity contribution in [2.75, 3.05) is 48.4 Å². The Bertz CT molecular complexity index is 1110. The summed E-state index contributed by atoms with van der Waals surface area (Å²) >= 11 is 1.33. The van der Waals surface area contributed by atoms with E-state index in [1.807, 2.05) is 29.6 Å². The SMILES string of the molecule is O=C(COC(=O)c1cccc(NC(=O)c2cccs2)c1)Nc1ccc(N2CCOCC2)cc1. The summed E-state index contributed by atoms with van der Waals surface area (Å²) in [6.45, 7) is 2.65. The molecule has 33 heavy (non-hydrogen) atoms.